The lowest BCUT2D eigenvalue weighted by molar-refractivity contribution is -0.260. The molecular weight excluding hydrogens is 535 g/mol. The molecule has 0 aliphatic carbocycles. The zero-order chi connectivity index (χ0) is 24.3. The lowest BCUT2D eigenvalue weighted by Gasteiger charge is -2.32. The third-order valence-electron chi connectivity index (χ3n) is 4.34. The van der Waals surface area contributed by atoms with Crippen LogP contribution >= 0.6 is 46.4 Å². The van der Waals surface area contributed by atoms with Crippen molar-refractivity contribution in [3.8, 4) is 0 Å². The Bertz CT molecular complexity index is 1020. The van der Waals surface area contributed by atoms with E-state index in [0.29, 0.717) is 5.56 Å². The number of anilines is 1. The van der Waals surface area contributed by atoms with E-state index in [9.17, 15) is 27.3 Å². The highest BCUT2D eigenvalue weighted by Crippen LogP contribution is 2.43. The Morgan fingerprint density at radius 3 is 2.16 bits per heavy atom. The molecule has 0 fully saturated rings. The fraction of sp³-hybridized carbons (Fsp3) is 0.316. The van der Waals surface area contributed by atoms with Gasteiger partial charge in [0, 0.05) is 34.3 Å². The molecule has 0 radical (unpaired) electrons. The van der Waals surface area contributed by atoms with E-state index in [0.717, 1.165) is 12.1 Å². The molecule has 0 bridgehead atoms. The monoisotopic (exact) mass is 550 g/mol. The van der Waals surface area contributed by atoms with E-state index in [-0.39, 0.29) is 38.1 Å². The summed E-state index contributed by atoms with van der Waals surface area (Å²) in [5, 5.41) is 15.1. The normalized spacial score (nSPS) is 14.5. The third-order valence-corrected chi connectivity index (χ3v) is 6.56. The van der Waals surface area contributed by atoms with Crippen LogP contribution in [0.3, 0.4) is 0 Å². The Hall–Kier alpha value is -1.23. The van der Waals surface area contributed by atoms with Gasteiger partial charge in [0.1, 0.15) is 5.75 Å². The van der Waals surface area contributed by atoms with E-state index in [1.165, 1.54) is 24.5 Å². The van der Waals surface area contributed by atoms with Crippen molar-refractivity contribution in [2.75, 3.05) is 23.9 Å². The minimum atomic E-state index is -5.08. The topological polar surface area (TPSA) is 78.4 Å². The maximum atomic E-state index is 13.8. The van der Waals surface area contributed by atoms with E-state index in [1.807, 2.05) is 0 Å². The summed E-state index contributed by atoms with van der Waals surface area (Å²) in [5.41, 5.74) is -3.24. The van der Waals surface area contributed by atoms with Crippen LogP contribution in [0.2, 0.25) is 20.1 Å². The number of benzene rings is 2. The molecule has 13 heteroatoms. The number of amides is 1. The number of hydrogen-bond donors (Lipinski definition) is 3. The predicted molar refractivity (Wildman–Crippen MR) is 122 cm³/mol. The Labute approximate surface area is 204 Å². The van der Waals surface area contributed by atoms with Crippen molar-refractivity contribution in [1.82, 2.24) is 5.32 Å². The van der Waals surface area contributed by atoms with Crippen LogP contribution < -0.4 is 10.6 Å². The van der Waals surface area contributed by atoms with Crippen LogP contribution in [0.5, 0.6) is 0 Å². The first-order valence-corrected chi connectivity index (χ1v) is 12.0. The number of rotatable bonds is 8. The minimum Gasteiger partial charge on any atom is -0.381 e. The van der Waals surface area contributed by atoms with Crippen molar-refractivity contribution in [2.24, 2.45) is 0 Å². The maximum absolute atomic E-state index is 13.8. The highest BCUT2D eigenvalue weighted by molar-refractivity contribution is 7.85. The van der Waals surface area contributed by atoms with Gasteiger partial charge < -0.3 is 15.7 Å². The zero-order valence-electron chi connectivity index (χ0n) is 16.3. The van der Waals surface area contributed by atoms with Crippen LogP contribution in [-0.2, 0) is 27.7 Å². The smallest absolute Gasteiger partial charge is 0.381 e. The van der Waals surface area contributed by atoms with Crippen LogP contribution in [0.25, 0.3) is 0 Å². The Kier molecular flexibility index (Phi) is 9.12. The second kappa shape index (κ2) is 10.8. The summed E-state index contributed by atoms with van der Waals surface area (Å²) in [4.78, 5) is 11.6. The zero-order valence-corrected chi connectivity index (χ0v) is 20.2. The standard InChI is InChI=1S/C19H17Cl4F3N2O3S/c1-32(31)8-16(29)27-7-10-2-3-12(6-13(10)20)28-9-18(30,19(24,25)26)11-4-14(21)17(23)15(22)5-11/h2-6,28,30H,7-9H2,1H3,(H,27,29)/t18-,32+/m1/s1. The van der Waals surface area contributed by atoms with Crippen molar-refractivity contribution in [1.29, 1.82) is 0 Å². The third kappa shape index (κ3) is 6.65. The number of halogens is 7. The number of carbonyl (C=O) groups excluding carboxylic acids is 1. The number of hydrogen-bond acceptors (Lipinski definition) is 4. The molecule has 1 amide bonds. The van der Waals surface area contributed by atoms with Gasteiger partial charge in [0.2, 0.25) is 11.5 Å². The van der Waals surface area contributed by atoms with Crippen LogP contribution in [-0.4, -0.2) is 40.0 Å². The molecule has 0 unspecified atom stereocenters. The van der Waals surface area contributed by atoms with E-state index in [4.69, 9.17) is 46.4 Å². The summed E-state index contributed by atoms with van der Waals surface area (Å²) in [7, 11) is -1.30. The first-order chi connectivity index (χ1) is 14.7. The molecule has 0 spiro atoms. The molecule has 3 N–H and O–H groups in total. The number of aliphatic hydroxyl groups is 1. The number of alkyl halides is 3. The minimum absolute atomic E-state index is 0.0450. The molecule has 2 rings (SSSR count). The molecule has 0 aliphatic rings. The molecule has 2 aromatic rings. The van der Waals surface area contributed by atoms with Gasteiger partial charge in [-0.05, 0) is 35.4 Å². The molecule has 0 heterocycles. The summed E-state index contributed by atoms with van der Waals surface area (Å²) in [5.74, 6) is -0.592. The summed E-state index contributed by atoms with van der Waals surface area (Å²) in [6.45, 7) is -0.928. The molecule has 0 saturated heterocycles. The lowest BCUT2D eigenvalue weighted by atomic mass is 9.92. The van der Waals surface area contributed by atoms with Gasteiger partial charge in [0.05, 0.1) is 21.6 Å². The van der Waals surface area contributed by atoms with Gasteiger partial charge in [0.15, 0.2) is 0 Å². The maximum Gasteiger partial charge on any atom is 0.423 e. The van der Waals surface area contributed by atoms with E-state index < -0.39 is 40.6 Å². The van der Waals surface area contributed by atoms with Gasteiger partial charge in [-0.3, -0.25) is 9.00 Å². The van der Waals surface area contributed by atoms with Crippen LogP contribution in [0.1, 0.15) is 11.1 Å². The van der Waals surface area contributed by atoms with Gasteiger partial charge in [-0.1, -0.05) is 52.5 Å². The molecule has 5 nitrogen and oxygen atoms in total. The summed E-state index contributed by atoms with van der Waals surface area (Å²) in [6, 6.07) is 6.07. The van der Waals surface area contributed by atoms with E-state index in [1.54, 1.807) is 0 Å². The molecule has 0 aromatic heterocycles. The molecule has 0 saturated carbocycles. The van der Waals surface area contributed by atoms with Gasteiger partial charge in [-0.2, -0.15) is 13.2 Å². The first-order valence-electron chi connectivity index (χ1n) is 8.77. The van der Waals surface area contributed by atoms with Crippen LogP contribution in [0.15, 0.2) is 30.3 Å². The number of carbonyl (C=O) groups is 1. The Balaban J connectivity index is 2.19. The van der Waals surface area contributed by atoms with Gasteiger partial charge in [-0.25, -0.2) is 0 Å². The van der Waals surface area contributed by atoms with Gasteiger partial charge in [0.25, 0.3) is 0 Å². The quantitative estimate of drug-likeness (QED) is 0.396. The highest BCUT2D eigenvalue weighted by Gasteiger charge is 2.55. The summed E-state index contributed by atoms with van der Waals surface area (Å²) < 4.78 is 52.4. The Morgan fingerprint density at radius 1 is 1.06 bits per heavy atom. The molecule has 32 heavy (non-hydrogen) atoms. The molecular formula is C19H17Cl4F3N2O3S. The second-order valence-electron chi connectivity index (χ2n) is 6.77. The molecule has 176 valence electrons. The van der Waals surface area contributed by atoms with Crippen molar-refractivity contribution >= 4 is 68.8 Å². The molecule has 2 aromatic carbocycles. The SMILES string of the molecule is C[S@](=O)CC(=O)NCc1ccc(NC[C@@](O)(c2cc(Cl)c(Cl)c(Cl)c2)C(F)(F)F)cc1Cl. The number of nitrogens with one attached hydrogen (secondary N) is 2. The van der Waals surface area contributed by atoms with Gasteiger partial charge in [-0.15, -0.1) is 0 Å². The first kappa shape index (κ1) is 27.0. The molecule has 0 aliphatic heterocycles. The molecule has 2 atom stereocenters. The van der Waals surface area contributed by atoms with E-state index >= 15 is 0 Å². The van der Waals surface area contributed by atoms with Crippen LogP contribution in [0.4, 0.5) is 18.9 Å². The van der Waals surface area contributed by atoms with Crippen LogP contribution in [0, 0.1) is 0 Å². The van der Waals surface area contributed by atoms with Crippen molar-refractivity contribution in [2.45, 2.75) is 18.3 Å². The predicted octanol–water partition coefficient (Wildman–Crippen LogP) is 5.16. The van der Waals surface area contributed by atoms with Crippen molar-refractivity contribution in [3.63, 3.8) is 0 Å². The average Bonchev–Trinajstić information content (AvgIpc) is 2.67. The van der Waals surface area contributed by atoms with Gasteiger partial charge >= 0.3 is 6.18 Å². The van der Waals surface area contributed by atoms with E-state index in [2.05, 4.69) is 10.6 Å². The summed E-state index contributed by atoms with van der Waals surface area (Å²) >= 11 is 23.6. The van der Waals surface area contributed by atoms with Crippen molar-refractivity contribution in [3.05, 3.63) is 61.5 Å². The fourth-order valence-corrected chi connectivity index (χ4v) is 3.94. The van der Waals surface area contributed by atoms with Crippen molar-refractivity contribution < 1.29 is 27.3 Å². The average molecular weight is 552 g/mol. The Morgan fingerprint density at radius 2 is 1.66 bits per heavy atom. The fourth-order valence-electron chi connectivity index (χ4n) is 2.62. The largest absolute Gasteiger partial charge is 0.423 e. The second-order valence-corrected chi connectivity index (χ2v) is 9.80. The summed E-state index contributed by atoms with van der Waals surface area (Å²) in [6.07, 6.45) is -3.69. The highest BCUT2D eigenvalue weighted by atomic mass is 35.5. The lowest BCUT2D eigenvalue weighted by Crippen LogP contribution is -2.47.